The van der Waals surface area contributed by atoms with Gasteiger partial charge in [-0.05, 0) is 37.6 Å². The molecule has 0 aliphatic heterocycles. The first-order valence-corrected chi connectivity index (χ1v) is 8.59. The minimum absolute atomic E-state index is 0.00221. The van der Waals surface area contributed by atoms with Gasteiger partial charge in [-0.2, -0.15) is 0 Å². The number of rotatable bonds is 4. The number of nitro groups is 1. The molecule has 2 aromatic carbocycles. The van der Waals surface area contributed by atoms with E-state index in [4.69, 9.17) is 23.2 Å². The van der Waals surface area contributed by atoms with Crippen molar-refractivity contribution in [1.82, 2.24) is 0 Å². The highest BCUT2D eigenvalue weighted by atomic mass is 35.5. The quantitative estimate of drug-likeness (QED) is 0.637. The van der Waals surface area contributed by atoms with Crippen LogP contribution in [0.2, 0.25) is 10.0 Å². The lowest BCUT2D eigenvalue weighted by Gasteiger charge is -2.12. The van der Waals surface area contributed by atoms with E-state index in [2.05, 4.69) is 4.72 Å². The van der Waals surface area contributed by atoms with Crippen molar-refractivity contribution in [2.45, 2.75) is 18.7 Å². The van der Waals surface area contributed by atoms with Gasteiger partial charge >= 0.3 is 0 Å². The van der Waals surface area contributed by atoms with Crippen LogP contribution in [0.25, 0.3) is 0 Å². The first-order chi connectivity index (χ1) is 10.6. The summed E-state index contributed by atoms with van der Waals surface area (Å²) in [5.74, 6) is 0. The fourth-order valence-electron chi connectivity index (χ4n) is 1.89. The fourth-order valence-corrected chi connectivity index (χ4v) is 3.51. The number of hydrogen-bond donors (Lipinski definition) is 1. The zero-order valence-corrected chi connectivity index (χ0v) is 14.5. The topological polar surface area (TPSA) is 89.3 Å². The van der Waals surface area contributed by atoms with Gasteiger partial charge in [0.25, 0.3) is 15.7 Å². The van der Waals surface area contributed by atoms with Gasteiger partial charge in [0.05, 0.1) is 20.5 Å². The Morgan fingerprint density at radius 3 is 2.39 bits per heavy atom. The van der Waals surface area contributed by atoms with E-state index in [1.165, 1.54) is 19.1 Å². The molecule has 23 heavy (non-hydrogen) atoms. The molecule has 0 aliphatic carbocycles. The monoisotopic (exact) mass is 374 g/mol. The Morgan fingerprint density at radius 2 is 1.78 bits per heavy atom. The third kappa shape index (κ3) is 3.74. The molecule has 2 rings (SSSR count). The molecule has 9 heteroatoms. The predicted molar refractivity (Wildman–Crippen MR) is 89.8 cm³/mol. The molecule has 1 N–H and O–H groups in total. The Kier molecular flexibility index (Phi) is 4.84. The molecule has 2 aromatic rings. The van der Waals surface area contributed by atoms with Crippen LogP contribution in [-0.4, -0.2) is 13.3 Å². The Labute approximate surface area is 143 Å². The van der Waals surface area contributed by atoms with Gasteiger partial charge in [0.1, 0.15) is 0 Å². The second kappa shape index (κ2) is 6.35. The first kappa shape index (κ1) is 17.5. The van der Waals surface area contributed by atoms with Crippen molar-refractivity contribution in [1.29, 1.82) is 0 Å². The van der Waals surface area contributed by atoms with Crippen molar-refractivity contribution >= 4 is 44.6 Å². The first-order valence-electron chi connectivity index (χ1n) is 6.35. The van der Waals surface area contributed by atoms with Crippen LogP contribution in [0.5, 0.6) is 0 Å². The normalized spacial score (nSPS) is 11.3. The van der Waals surface area contributed by atoms with E-state index >= 15 is 0 Å². The van der Waals surface area contributed by atoms with Crippen LogP contribution in [0.1, 0.15) is 11.1 Å². The van der Waals surface area contributed by atoms with E-state index in [1.54, 1.807) is 19.1 Å². The minimum atomic E-state index is -4.05. The minimum Gasteiger partial charge on any atom is -0.279 e. The van der Waals surface area contributed by atoms with Crippen LogP contribution in [0, 0.1) is 24.0 Å². The molecule has 122 valence electrons. The number of halogens is 2. The Morgan fingerprint density at radius 1 is 1.13 bits per heavy atom. The fraction of sp³-hybridized carbons (Fsp3) is 0.143. The van der Waals surface area contributed by atoms with E-state index in [1.807, 2.05) is 0 Å². The summed E-state index contributed by atoms with van der Waals surface area (Å²) in [6, 6.07) is 6.89. The molecule has 0 spiro atoms. The summed E-state index contributed by atoms with van der Waals surface area (Å²) in [5.41, 5.74) is 0.790. The number of nitrogens with zero attached hydrogens (tertiary/aromatic N) is 1. The highest BCUT2D eigenvalue weighted by Gasteiger charge is 2.23. The molecule has 0 heterocycles. The number of hydrogen-bond acceptors (Lipinski definition) is 4. The molecule has 6 nitrogen and oxygen atoms in total. The van der Waals surface area contributed by atoms with Crippen LogP contribution >= 0.6 is 23.2 Å². The summed E-state index contributed by atoms with van der Waals surface area (Å²) in [6.07, 6.45) is 0. The summed E-state index contributed by atoms with van der Waals surface area (Å²) in [6.45, 7) is 3.16. The average Bonchev–Trinajstić information content (AvgIpc) is 2.44. The van der Waals surface area contributed by atoms with E-state index in [0.29, 0.717) is 10.6 Å². The molecule has 0 radical (unpaired) electrons. The summed E-state index contributed by atoms with van der Waals surface area (Å²) in [4.78, 5) is 10.1. The molecule has 0 aromatic heterocycles. The largest absolute Gasteiger partial charge is 0.279 e. The molecule has 0 unspecified atom stereocenters. The van der Waals surface area contributed by atoms with Crippen molar-refractivity contribution in [2.24, 2.45) is 0 Å². The van der Waals surface area contributed by atoms with Crippen molar-refractivity contribution < 1.29 is 13.3 Å². The van der Waals surface area contributed by atoms with Crippen molar-refractivity contribution in [3.63, 3.8) is 0 Å². The van der Waals surface area contributed by atoms with Crippen LogP contribution in [0.3, 0.4) is 0 Å². The molecule has 0 saturated carbocycles. The maximum atomic E-state index is 12.5. The third-order valence-corrected chi connectivity index (χ3v) is 5.21. The summed E-state index contributed by atoms with van der Waals surface area (Å²) >= 11 is 11.8. The number of nitro benzene ring substituents is 1. The van der Waals surface area contributed by atoms with Gasteiger partial charge in [0, 0.05) is 16.7 Å². The van der Waals surface area contributed by atoms with E-state index in [-0.39, 0.29) is 26.9 Å². The standard InChI is InChI=1S/C14H12Cl2N2O4S/c1-8-3-4-10(15)5-13(8)17-23(21,22)11-6-12(16)9(2)14(7-11)18(19)20/h3-7,17H,1-2H3. The lowest BCUT2D eigenvalue weighted by molar-refractivity contribution is -0.385. The zero-order valence-electron chi connectivity index (χ0n) is 12.1. The Balaban J connectivity index is 2.52. The Bertz CT molecular complexity index is 898. The van der Waals surface area contributed by atoms with E-state index in [0.717, 1.165) is 6.07 Å². The molecule has 0 atom stereocenters. The smallest absolute Gasteiger partial charge is 0.275 e. The van der Waals surface area contributed by atoms with Gasteiger partial charge in [-0.25, -0.2) is 8.42 Å². The van der Waals surface area contributed by atoms with Crippen molar-refractivity contribution in [2.75, 3.05) is 4.72 Å². The third-order valence-electron chi connectivity index (χ3n) is 3.24. The SMILES string of the molecule is Cc1ccc(Cl)cc1NS(=O)(=O)c1cc(Cl)c(C)c([N+](=O)[O-])c1. The molecule has 0 bridgehead atoms. The zero-order chi connectivity index (χ0) is 17.4. The maximum absolute atomic E-state index is 12.5. The number of aryl methyl sites for hydroxylation is 1. The van der Waals surface area contributed by atoms with Gasteiger partial charge in [0.2, 0.25) is 0 Å². The van der Waals surface area contributed by atoms with Gasteiger partial charge in [-0.1, -0.05) is 29.3 Å². The molecule has 0 amide bonds. The summed E-state index contributed by atoms with van der Waals surface area (Å²) in [5, 5.41) is 11.4. The molecule has 0 fully saturated rings. The summed E-state index contributed by atoms with van der Waals surface area (Å²) in [7, 11) is -4.05. The predicted octanol–water partition coefficient (Wildman–Crippen LogP) is 4.32. The number of sulfonamides is 1. The molecule has 0 aliphatic rings. The van der Waals surface area contributed by atoms with Gasteiger partial charge < -0.3 is 0 Å². The number of benzene rings is 2. The van der Waals surface area contributed by atoms with Crippen molar-refractivity contribution in [3.8, 4) is 0 Å². The van der Waals surface area contributed by atoms with Crippen LogP contribution in [0.4, 0.5) is 11.4 Å². The van der Waals surface area contributed by atoms with Crippen LogP contribution in [0.15, 0.2) is 35.2 Å². The summed E-state index contributed by atoms with van der Waals surface area (Å²) < 4.78 is 27.3. The molecular formula is C14H12Cl2N2O4S. The second-order valence-electron chi connectivity index (χ2n) is 4.87. The van der Waals surface area contributed by atoms with Gasteiger partial charge in [-0.15, -0.1) is 0 Å². The van der Waals surface area contributed by atoms with Crippen LogP contribution < -0.4 is 4.72 Å². The number of nitrogens with one attached hydrogen (secondary N) is 1. The number of anilines is 1. The van der Waals surface area contributed by atoms with E-state index in [9.17, 15) is 18.5 Å². The highest BCUT2D eigenvalue weighted by Crippen LogP contribution is 2.31. The van der Waals surface area contributed by atoms with Gasteiger partial charge in [0.15, 0.2) is 0 Å². The Hall–Kier alpha value is -1.83. The molecular weight excluding hydrogens is 363 g/mol. The lowest BCUT2D eigenvalue weighted by atomic mass is 10.2. The average molecular weight is 375 g/mol. The lowest BCUT2D eigenvalue weighted by Crippen LogP contribution is -2.14. The second-order valence-corrected chi connectivity index (χ2v) is 7.40. The molecule has 0 saturated heterocycles. The van der Waals surface area contributed by atoms with E-state index < -0.39 is 14.9 Å². The van der Waals surface area contributed by atoms with Crippen LogP contribution in [-0.2, 0) is 10.0 Å². The van der Waals surface area contributed by atoms with Gasteiger partial charge in [-0.3, -0.25) is 14.8 Å². The van der Waals surface area contributed by atoms with Crippen molar-refractivity contribution in [3.05, 3.63) is 61.6 Å². The highest BCUT2D eigenvalue weighted by molar-refractivity contribution is 7.92. The maximum Gasteiger partial charge on any atom is 0.275 e.